The second-order valence-electron chi connectivity index (χ2n) is 15.5. The van der Waals surface area contributed by atoms with Gasteiger partial charge in [-0.25, -0.2) is 0 Å². The molecule has 0 unspecified atom stereocenters. The summed E-state index contributed by atoms with van der Waals surface area (Å²) in [4.78, 5) is 0. The van der Waals surface area contributed by atoms with Crippen LogP contribution in [0.1, 0.15) is 0 Å². The molecule has 276 valence electrons. The van der Waals surface area contributed by atoms with Crippen LogP contribution in [0.2, 0.25) is 0 Å². The molecule has 1 aromatic heterocycles. The van der Waals surface area contributed by atoms with Gasteiger partial charge >= 0.3 is 6.92 Å². The van der Waals surface area contributed by atoms with Crippen LogP contribution in [0.3, 0.4) is 0 Å². The van der Waals surface area contributed by atoms with Crippen LogP contribution < -0.4 is 41.1 Å². The number of nitrogens with zero attached hydrogens (tertiary/aromatic N) is 1. The molecular weight excluding hydrogens is 733 g/mol. The molecule has 0 saturated carbocycles. The molecule has 3 heterocycles. The monoisotopic (exact) mass is 769 g/mol. The lowest BCUT2D eigenvalue weighted by atomic mass is 9.51. The summed E-state index contributed by atoms with van der Waals surface area (Å²) >= 11 is 0. The smallest absolute Gasteiger partial charge is 0.434 e. The number of hydrogen-bond donors (Lipinski definition) is 0. The molecule has 0 amide bonds. The molecule has 0 radical (unpaired) electrons. The van der Waals surface area contributed by atoms with Gasteiger partial charge in [0.2, 0.25) is 0 Å². The lowest BCUT2D eigenvalue weighted by Gasteiger charge is -2.36. The molecule has 59 heavy (non-hydrogen) atoms. The summed E-state index contributed by atoms with van der Waals surface area (Å²) < 4.78 is 16.2. The Hall–Kier alpha value is -7.34. The Morgan fingerprint density at radius 2 is 0.983 bits per heavy atom. The van der Waals surface area contributed by atoms with E-state index in [0.717, 1.165) is 50.6 Å². The first-order valence-corrected chi connectivity index (χ1v) is 22.3. The second-order valence-corrected chi connectivity index (χ2v) is 19.3. The molecule has 3 nitrogen and oxygen atoms in total. The highest BCUT2D eigenvalue weighted by Crippen LogP contribution is 2.42. The normalized spacial score (nSPS) is 12.6. The first-order valence-electron chi connectivity index (χ1n) is 20.3. The van der Waals surface area contributed by atoms with E-state index in [2.05, 4.69) is 223 Å². The van der Waals surface area contributed by atoms with Crippen molar-refractivity contribution in [1.82, 2.24) is 4.57 Å². The van der Waals surface area contributed by atoms with Crippen molar-refractivity contribution in [3.63, 3.8) is 0 Å². The third kappa shape index (κ3) is 5.08. The fourth-order valence-corrected chi connectivity index (χ4v) is 14.9. The highest BCUT2D eigenvalue weighted by atomic mass is 28.3. The van der Waals surface area contributed by atoms with Crippen molar-refractivity contribution in [1.29, 1.82) is 0 Å². The van der Waals surface area contributed by atoms with Crippen LogP contribution in [-0.4, -0.2) is 19.6 Å². The van der Waals surface area contributed by atoms with Gasteiger partial charge in [-0.3, -0.25) is 0 Å². The van der Waals surface area contributed by atoms with Crippen LogP contribution in [0.15, 0.2) is 218 Å². The predicted octanol–water partition coefficient (Wildman–Crippen LogP) is 9.10. The van der Waals surface area contributed by atoms with Crippen LogP contribution >= 0.6 is 0 Å². The maximum Gasteiger partial charge on any atom is 0.434 e. The molecule has 0 aliphatic carbocycles. The zero-order chi connectivity index (χ0) is 38.9. The van der Waals surface area contributed by atoms with E-state index in [0.29, 0.717) is 0 Å². The minimum absolute atomic E-state index is 0.294. The minimum atomic E-state index is -2.80. The van der Waals surface area contributed by atoms with Gasteiger partial charge in [-0.05, 0) is 73.8 Å². The summed E-state index contributed by atoms with van der Waals surface area (Å²) in [6, 6.07) is 79.4. The molecule has 2 aliphatic heterocycles. The minimum Gasteiger partial charge on any atom is -0.551 e. The van der Waals surface area contributed by atoms with Crippen molar-refractivity contribution in [2.75, 3.05) is 0 Å². The molecule has 5 heteroatoms. The number of rotatable bonds is 6. The standard InChI is InChI=1S/C54H36BNO2Si/c1-4-17-39(18-5-1)59(40-19-6-2-7-20-40,41-21-8-3-9-22-41)53-30-15-12-23-42(53)37-31-34-50-46(35-37)45-26-16-29-51-54(45)55(58-50)47-33-32-38(36-52(47)57-51)56-48-27-13-10-24-43(48)44-25-11-14-28-49(44)56/h1-36H. The largest absolute Gasteiger partial charge is 0.551 e. The van der Waals surface area contributed by atoms with E-state index in [1.807, 2.05) is 0 Å². The Kier molecular flexibility index (Phi) is 7.65. The van der Waals surface area contributed by atoms with Crippen molar-refractivity contribution in [2.24, 2.45) is 0 Å². The summed E-state index contributed by atoms with van der Waals surface area (Å²) in [6.45, 7) is -0.294. The topological polar surface area (TPSA) is 23.4 Å². The van der Waals surface area contributed by atoms with Gasteiger partial charge in [0.05, 0.1) is 11.0 Å². The maximum atomic E-state index is 7.06. The van der Waals surface area contributed by atoms with E-state index in [4.69, 9.17) is 9.39 Å². The van der Waals surface area contributed by atoms with Crippen molar-refractivity contribution in [3.05, 3.63) is 218 Å². The molecule has 0 saturated heterocycles. The SMILES string of the molecule is c1ccc([Si](c2ccccc2)(c2ccccc2)c2ccccc2-c2ccc3c(c2)-c2cccc4c2B(O3)c2ccc(-n3c5ccccc5c5ccccc53)cc2O4)cc1. The number of benzene rings is 9. The summed E-state index contributed by atoms with van der Waals surface area (Å²) in [5.74, 6) is 2.52. The average molecular weight is 770 g/mol. The molecule has 0 N–H and O–H groups in total. The van der Waals surface area contributed by atoms with Crippen molar-refractivity contribution >= 4 is 68.5 Å². The maximum absolute atomic E-state index is 7.06. The lowest BCUT2D eigenvalue weighted by Crippen LogP contribution is -2.75. The molecule has 9 aromatic carbocycles. The lowest BCUT2D eigenvalue weighted by molar-refractivity contribution is 0.479. The Bertz CT molecular complexity index is 3090. The third-order valence-corrected chi connectivity index (χ3v) is 17.3. The van der Waals surface area contributed by atoms with E-state index < -0.39 is 8.07 Å². The first-order chi connectivity index (χ1) is 29.3. The van der Waals surface area contributed by atoms with E-state index in [-0.39, 0.29) is 6.92 Å². The van der Waals surface area contributed by atoms with Crippen molar-refractivity contribution < 1.29 is 9.39 Å². The molecule has 0 fully saturated rings. The Balaban J connectivity index is 0.995. The van der Waals surface area contributed by atoms with Gasteiger partial charge < -0.3 is 14.0 Å². The summed E-state index contributed by atoms with van der Waals surface area (Å²) in [5.41, 5.74) is 10.1. The van der Waals surface area contributed by atoms with Crippen LogP contribution in [0, 0.1) is 0 Å². The van der Waals surface area contributed by atoms with Gasteiger partial charge in [-0.2, -0.15) is 0 Å². The van der Waals surface area contributed by atoms with Gasteiger partial charge in [0.1, 0.15) is 17.2 Å². The zero-order valence-corrected chi connectivity index (χ0v) is 33.1. The van der Waals surface area contributed by atoms with Gasteiger partial charge in [-0.1, -0.05) is 176 Å². The van der Waals surface area contributed by atoms with E-state index in [1.54, 1.807) is 0 Å². The highest BCUT2D eigenvalue weighted by Gasteiger charge is 2.44. The number of hydrogen-bond acceptors (Lipinski definition) is 2. The van der Waals surface area contributed by atoms with E-state index >= 15 is 0 Å². The quantitative estimate of drug-likeness (QED) is 0.125. The van der Waals surface area contributed by atoms with Crippen molar-refractivity contribution in [2.45, 2.75) is 0 Å². The van der Waals surface area contributed by atoms with Gasteiger partial charge in [0.25, 0.3) is 0 Å². The number of para-hydroxylation sites is 2. The van der Waals surface area contributed by atoms with Gasteiger partial charge in [-0.15, -0.1) is 0 Å². The Morgan fingerprint density at radius 3 is 1.64 bits per heavy atom. The van der Waals surface area contributed by atoms with Crippen LogP contribution in [0.25, 0.3) is 49.7 Å². The fourth-order valence-electron chi connectivity index (χ4n) is 9.93. The molecule has 0 bridgehead atoms. The summed E-state index contributed by atoms with van der Waals surface area (Å²) in [7, 11) is -2.80. The van der Waals surface area contributed by atoms with Crippen molar-refractivity contribution in [3.8, 4) is 45.2 Å². The molecule has 0 atom stereocenters. The number of aromatic nitrogens is 1. The third-order valence-electron chi connectivity index (χ3n) is 12.4. The fraction of sp³-hybridized carbons (Fsp3) is 0. The Morgan fingerprint density at radius 1 is 0.407 bits per heavy atom. The average Bonchev–Trinajstić information content (AvgIpc) is 3.65. The molecule has 0 spiro atoms. The molecular formula is C54H36BNO2Si. The second kappa shape index (κ2) is 13.4. The van der Waals surface area contributed by atoms with Crippen LogP contribution in [0.4, 0.5) is 0 Å². The summed E-state index contributed by atoms with van der Waals surface area (Å²) in [5, 5.41) is 7.87. The summed E-state index contributed by atoms with van der Waals surface area (Å²) in [6.07, 6.45) is 0. The van der Waals surface area contributed by atoms with Gasteiger partial charge in [0.15, 0.2) is 8.07 Å². The Labute approximate surface area is 344 Å². The first kappa shape index (κ1) is 33.8. The van der Waals surface area contributed by atoms with Crippen LogP contribution in [0.5, 0.6) is 17.2 Å². The van der Waals surface area contributed by atoms with E-state index in [1.165, 1.54) is 48.1 Å². The number of ether oxygens (including phenoxy) is 1. The molecule has 12 rings (SSSR count). The van der Waals surface area contributed by atoms with Gasteiger partial charge in [0, 0.05) is 39.0 Å². The number of fused-ring (bicyclic) bond motifs is 7. The molecule has 10 aromatic rings. The molecule has 2 aliphatic rings. The highest BCUT2D eigenvalue weighted by molar-refractivity contribution is 7.20. The van der Waals surface area contributed by atoms with E-state index in [9.17, 15) is 0 Å². The predicted molar refractivity (Wildman–Crippen MR) is 247 cm³/mol. The van der Waals surface area contributed by atoms with Crippen LogP contribution in [-0.2, 0) is 0 Å². The zero-order valence-electron chi connectivity index (χ0n) is 32.1.